The average Bonchev–Trinajstić information content (AvgIpc) is 2.85. The monoisotopic (exact) mass is 271 g/mol. The Morgan fingerprint density at radius 2 is 2.10 bits per heavy atom. The molecular formula is C15H17N3O2. The topological polar surface area (TPSA) is 62.3 Å². The maximum Gasteiger partial charge on any atom is 0.133 e. The smallest absolute Gasteiger partial charge is 0.133 e. The van der Waals surface area contributed by atoms with Gasteiger partial charge in [0.15, 0.2) is 0 Å². The van der Waals surface area contributed by atoms with Gasteiger partial charge in [0.2, 0.25) is 0 Å². The van der Waals surface area contributed by atoms with Crippen molar-refractivity contribution in [1.29, 1.82) is 5.26 Å². The quantitative estimate of drug-likeness (QED) is 0.807. The minimum absolute atomic E-state index is 0.583. The molecule has 1 heterocycles. The molecule has 0 fully saturated rings. The van der Waals surface area contributed by atoms with E-state index in [1.165, 1.54) is 0 Å². The van der Waals surface area contributed by atoms with E-state index in [1.54, 1.807) is 24.3 Å². The van der Waals surface area contributed by atoms with Crippen LogP contribution in [-0.2, 0) is 6.54 Å². The van der Waals surface area contributed by atoms with Crippen LogP contribution in [0.1, 0.15) is 17.0 Å². The van der Waals surface area contributed by atoms with E-state index >= 15 is 0 Å². The Morgan fingerprint density at radius 1 is 1.35 bits per heavy atom. The second-order valence-electron chi connectivity index (χ2n) is 4.65. The summed E-state index contributed by atoms with van der Waals surface area (Å²) in [6, 6.07) is 11.1. The van der Waals surface area contributed by atoms with Gasteiger partial charge in [0.1, 0.15) is 18.1 Å². The van der Waals surface area contributed by atoms with Crippen LogP contribution in [0.4, 0.5) is 0 Å². The molecule has 0 saturated heterocycles. The van der Waals surface area contributed by atoms with Crippen molar-refractivity contribution in [3.8, 4) is 11.8 Å². The van der Waals surface area contributed by atoms with E-state index in [9.17, 15) is 0 Å². The van der Waals surface area contributed by atoms with E-state index < -0.39 is 0 Å². The normalized spacial score (nSPS) is 10.5. The van der Waals surface area contributed by atoms with Crippen LogP contribution < -0.4 is 4.74 Å². The van der Waals surface area contributed by atoms with Crippen LogP contribution in [0.2, 0.25) is 0 Å². The zero-order valence-electron chi connectivity index (χ0n) is 11.7. The first-order chi connectivity index (χ1) is 9.67. The molecule has 20 heavy (non-hydrogen) atoms. The van der Waals surface area contributed by atoms with Gasteiger partial charge in [-0.25, -0.2) is 0 Å². The van der Waals surface area contributed by atoms with E-state index in [-0.39, 0.29) is 0 Å². The molecule has 1 aromatic heterocycles. The van der Waals surface area contributed by atoms with Crippen LogP contribution in [-0.4, -0.2) is 30.3 Å². The first-order valence-corrected chi connectivity index (χ1v) is 6.41. The highest BCUT2D eigenvalue weighted by molar-refractivity contribution is 5.34. The molecule has 2 rings (SSSR count). The van der Waals surface area contributed by atoms with Gasteiger partial charge in [-0.05, 0) is 38.2 Å². The van der Waals surface area contributed by atoms with Crippen LogP contribution in [0.3, 0.4) is 0 Å². The predicted molar refractivity (Wildman–Crippen MR) is 74.2 cm³/mol. The first kappa shape index (κ1) is 14.1. The fourth-order valence-electron chi connectivity index (χ4n) is 1.79. The highest BCUT2D eigenvalue weighted by Gasteiger charge is 2.05. The third-order valence-corrected chi connectivity index (χ3v) is 2.83. The molecule has 0 unspecified atom stereocenters. The van der Waals surface area contributed by atoms with Crippen molar-refractivity contribution >= 4 is 0 Å². The lowest BCUT2D eigenvalue weighted by Gasteiger charge is -2.15. The third-order valence-electron chi connectivity index (χ3n) is 2.83. The minimum atomic E-state index is 0.583. The second-order valence-corrected chi connectivity index (χ2v) is 4.65. The summed E-state index contributed by atoms with van der Waals surface area (Å²) in [5, 5.41) is 12.7. The molecule has 0 aliphatic carbocycles. The molecule has 1 aromatic carbocycles. The molecule has 5 nitrogen and oxygen atoms in total. The zero-order chi connectivity index (χ0) is 14.4. The van der Waals surface area contributed by atoms with E-state index in [1.807, 2.05) is 20.0 Å². The van der Waals surface area contributed by atoms with E-state index in [2.05, 4.69) is 16.1 Å². The van der Waals surface area contributed by atoms with Crippen molar-refractivity contribution < 1.29 is 9.26 Å². The van der Waals surface area contributed by atoms with Gasteiger partial charge >= 0.3 is 0 Å². The number of rotatable bonds is 6. The Balaban J connectivity index is 1.73. The van der Waals surface area contributed by atoms with Crippen molar-refractivity contribution in [2.24, 2.45) is 0 Å². The summed E-state index contributed by atoms with van der Waals surface area (Å²) in [5.41, 5.74) is 1.55. The summed E-state index contributed by atoms with van der Waals surface area (Å²) in [4.78, 5) is 2.11. The van der Waals surface area contributed by atoms with Gasteiger partial charge < -0.3 is 9.26 Å². The number of ether oxygens (including phenoxy) is 1. The maximum absolute atomic E-state index is 8.71. The Hall–Kier alpha value is -2.32. The van der Waals surface area contributed by atoms with Gasteiger partial charge in [0, 0.05) is 19.2 Å². The van der Waals surface area contributed by atoms with Gasteiger partial charge in [0.25, 0.3) is 0 Å². The molecule has 104 valence electrons. The first-order valence-electron chi connectivity index (χ1n) is 6.41. The molecule has 5 heteroatoms. The fraction of sp³-hybridized carbons (Fsp3) is 0.333. The van der Waals surface area contributed by atoms with Gasteiger partial charge in [-0.15, -0.1) is 0 Å². The van der Waals surface area contributed by atoms with Crippen LogP contribution >= 0.6 is 0 Å². The summed E-state index contributed by atoms with van der Waals surface area (Å²) >= 11 is 0. The summed E-state index contributed by atoms with van der Waals surface area (Å²) in [6.07, 6.45) is 0. The van der Waals surface area contributed by atoms with Crippen molar-refractivity contribution in [1.82, 2.24) is 10.1 Å². The number of nitriles is 1. The molecule has 0 radical (unpaired) electrons. The summed E-state index contributed by atoms with van der Waals surface area (Å²) in [5.74, 6) is 1.59. The van der Waals surface area contributed by atoms with Crippen LogP contribution in [0.25, 0.3) is 0 Å². The summed E-state index contributed by atoms with van der Waals surface area (Å²) < 4.78 is 10.7. The summed E-state index contributed by atoms with van der Waals surface area (Å²) in [7, 11) is 2.01. The van der Waals surface area contributed by atoms with E-state index in [4.69, 9.17) is 14.5 Å². The Morgan fingerprint density at radius 3 is 2.70 bits per heavy atom. The number of aromatic nitrogens is 1. The van der Waals surface area contributed by atoms with Crippen molar-refractivity contribution in [3.63, 3.8) is 0 Å². The lowest BCUT2D eigenvalue weighted by Crippen LogP contribution is -2.24. The highest BCUT2D eigenvalue weighted by atomic mass is 16.5. The van der Waals surface area contributed by atoms with Crippen LogP contribution in [0.5, 0.6) is 5.75 Å². The largest absolute Gasteiger partial charge is 0.492 e. The second kappa shape index (κ2) is 6.73. The van der Waals surface area contributed by atoms with Gasteiger partial charge in [-0.3, -0.25) is 4.90 Å². The van der Waals surface area contributed by atoms with Crippen molar-refractivity contribution in [2.45, 2.75) is 13.5 Å². The van der Waals surface area contributed by atoms with Gasteiger partial charge in [0.05, 0.1) is 17.3 Å². The lowest BCUT2D eigenvalue weighted by atomic mass is 10.2. The number of hydrogen-bond donors (Lipinski definition) is 0. The van der Waals surface area contributed by atoms with Crippen LogP contribution in [0, 0.1) is 18.3 Å². The Labute approximate surface area is 118 Å². The van der Waals surface area contributed by atoms with Crippen molar-refractivity contribution in [3.05, 3.63) is 47.3 Å². The molecule has 0 N–H and O–H groups in total. The SMILES string of the molecule is Cc1cc(CN(C)CCOc2ccc(C#N)cc2)no1. The molecule has 0 amide bonds. The average molecular weight is 271 g/mol. The highest BCUT2D eigenvalue weighted by Crippen LogP contribution is 2.11. The summed E-state index contributed by atoms with van der Waals surface area (Å²) in [6.45, 7) is 3.98. The van der Waals surface area contributed by atoms with Crippen molar-refractivity contribution in [2.75, 3.05) is 20.2 Å². The molecule has 0 aliphatic heterocycles. The Kier molecular flexibility index (Phi) is 4.75. The minimum Gasteiger partial charge on any atom is -0.492 e. The number of nitrogens with zero attached hydrogens (tertiary/aromatic N) is 3. The molecule has 0 saturated carbocycles. The third kappa shape index (κ3) is 4.11. The van der Waals surface area contributed by atoms with E-state index in [0.717, 1.165) is 30.3 Å². The predicted octanol–water partition coefficient (Wildman–Crippen LogP) is 2.37. The van der Waals surface area contributed by atoms with Gasteiger partial charge in [-0.1, -0.05) is 5.16 Å². The Bertz CT molecular complexity index is 584. The standard InChI is InChI=1S/C15H17N3O2/c1-12-9-14(17-20-12)11-18(2)7-8-19-15-5-3-13(10-16)4-6-15/h3-6,9H,7-8,11H2,1-2H3. The molecule has 0 bridgehead atoms. The number of aryl methyl sites for hydroxylation is 1. The lowest BCUT2D eigenvalue weighted by molar-refractivity contribution is 0.228. The van der Waals surface area contributed by atoms with E-state index in [0.29, 0.717) is 12.2 Å². The number of likely N-dealkylation sites (N-methyl/N-ethyl adjacent to an activating group) is 1. The van der Waals surface area contributed by atoms with Gasteiger partial charge in [-0.2, -0.15) is 5.26 Å². The number of hydrogen-bond acceptors (Lipinski definition) is 5. The fourth-order valence-corrected chi connectivity index (χ4v) is 1.79. The molecule has 0 aliphatic rings. The molecular weight excluding hydrogens is 254 g/mol. The number of benzene rings is 1. The van der Waals surface area contributed by atoms with Crippen LogP contribution in [0.15, 0.2) is 34.9 Å². The molecule has 0 atom stereocenters. The zero-order valence-corrected chi connectivity index (χ0v) is 11.7. The molecule has 0 spiro atoms. The maximum atomic E-state index is 8.71. The molecule has 2 aromatic rings.